The van der Waals surface area contributed by atoms with Gasteiger partial charge in [-0.2, -0.15) is 0 Å². The highest BCUT2D eigenvalue weighted by Crippen LogP contribution is 2.16. The Bertz CT molecular complexity index is 202. The topological polar surface area (TPSA) is 44.4 Å². The maximum absolute atomic E-state index is 11.5. The van der Waals surface area contributed by atoms with E-state index in [1.165, 1.54) is 19.3 Å². The summed E-state index contributed by atoms with van der Waals surface area (Å²) in [5.74, 6) is 0. The van der Waals surface area contributed by atoms with E-state index in [4.69, 9.17) is 0 Å². The van der Waals surface area contributed by atoms with E-state index in [0.717, 1.165) is 32.5 Å². The molecule has 1 saturated carbocycles. The molecule has 0 radical (unpaired) electrons. The van der Waals surface area contributed by atoms with Crippen LogP contribution in [0.1, 0.15) is 39.0 Å². The highest BCUT2D eigenvalue weighted by Gasteiger charge is 2.14. The first-order valence-electron chi connectivity index (χ1n) is 6.45. The Balaban J connectivity index is 2.05. The van der Waals surface area contributed by atoms with E-state index in [2.05, 4.69) is 29.5 Å². The maximum atomic E-state index is 11.5. The van der Waals surface area contributed by atoms with Gasteiger partial charge >= 0.3 is 6.03 Å². The van der Waals surface area contributed by atoms with Crippen LogP contribution in [0.2, 0.25) is 0 Å². The van der Waals surface area contributed by atoms with Crippen LogP contribution in [-0.4, -0.2) is 43.7 Å². The molecule has 0 saturated heterocycles. The molecule has 0 aromatic heterocycles. The SMILES string of the molecule is CCN(C)CCNC(=O)NC1CCCCC1. The highest BCUT2D eigenvalue weighted by molar-refractivity contribution is 5.74. The van der Waals surface area contributed by atoms with Gasteiger partial charge in [-0.05, 0) is 26.4 Å². The molecule has 0 aromatic rings. The molecule has 0 atom stereocenters. The molecule has 1 fully saturated rings. The molecule has 0 aromatic carbocycles. The summed E-state index contributed by atoms with van der Waals surface area (Å²) in [6.45, 7) is 4.77. The first kappa shape index (κ1) is 13.3. The molecule has 2 amide bonds. The van der Waals surface area contributed by atoms with Crippen molar-refractivity contribution in [2.24, 2.45) is 0 Å². The molecular formula is C12H25N3O. The maximum Gasteiger partial charge on any atom is 0.315 e. The predicted octanol–water partition coefficient (Wildman–Crippen LogP) is 1.57. The van der Waals surface area contributed by atoms with Crippen molar-refractivity contribution in [2.45, 2.75) is 45.1 Å². The number of hydrogen-bond acceptors (Lipinski definition) is 2. The predicted molar refractivity (Wildman–Crippen MR) is 66.6 cm³/mol. The minimum absolute atomic E-state index is 0.00333. The molecule has 2 N–H and O–H groups in total. The van der Waals surface area contributed by atoms with Crippen LogP contribution in [0, 0.1) is 0 Å². The molecule has 94 valence electrons. The number of nitrogens with one attached hydrogen (secondary N) is 2. The smallest absolute Gasteiger partial charge is 0.315 e. The molecule has 1 rings (SSSR count). The van der Waals surface area contributed by atoms with Crippen LogP contribution < -0.4 is 10.6 Å². The lowest BCUT2D eigenvalue weighted by Gasteiger charge is -2.23. The summed E-state index contributed by atoms with van der Waals surface area (Å²) < 4.78 is 0. The minimum atomic E-state index is -0.00333. The summed E-state index contributed by atoms with van der Waals surface area (Å²) in [5.41, 5.74) is 0. The van der Waals surface area contributed by atoms with Gasteiger partial charge in [-0.3, -0.25) is 0 Å². The number of amides is 2. The fourth-order valence-corrected chi connectivity index (χ4v) is 2.00. The van der Waals surface area contributed by atoms with Crippen molar-refractivity contribution in [1.29, 1.82) is 0 Å². The van der Waals surface area contributed by atoms with Crippen LogP contribution in [-0.2, 0) is 0 Å². The van der Waals surface area contributed by atoms with Crippen molar-refractivity contribution in [1.82, 2.24) is 15.5 Å². The average Bonchev–Trinajstić information content (AvgIpc) is 2.30. The van der Waals surface area contributed by atoms with Crippen LogP contribution in [0.3, 0.4) is 0 Å². The Hall–Kier alpha value is -0.770. The lowest BCUT2D eigenvalue weighted by atomic mass is 9.96. The van der Waals surface area contributed by atoms with Crippen LogP contribution in [0.4, 0.5) is 4.79 Å². The second-order valence-electron chi connectivity index (χ2n) is 4.63. The third-order valence-corrected chi connectivity index (χ3v) is 3.26. The zero-order chi connectivity index (χ0) is 11.8. The molecule has 0 unspecified atom stereocenters. The Kier molecular flexibility index (Phi) is 6.23. The van der Waals surface area contributed by atoms with E-state index in [0.29, 0.717) is 6.04 Å². The first-order valence-corrected chi connectivity index (χ1v) is 6.45. The molecule has 4 heteroatoms. The zero-order valence-electron chi connectivity index (χ0n) is 10.6. The molecule has 0 heterocycles. The molecule has 1 aliphatic carbocycles. The van der Waals surface area contributed by atoms with Gasteiger partial charge in [0.25, 0.3) is 0 Å². The van der Waals surface area contributed by atoms with Gasteiger partial charge in [-0.25, -0.2) is 4.79 Å². The van der Waals surface area contributed by atoms with Gasteiger partial charge < -0.3 is 15.5 Å². The van der Waals surface area contributed by atoms with E-state index in [9.17, 15) is 4.79 Å². The van der Waals surface area contributed by atoms with Gasteiger partial charge in [0.05, 0.1) is 0 Å². The lowest BCUT2D eigenvalue weighted by molar-refractivity contribution is 0.230. The summed E-state index contributed by atoms with van der Waals surface area (Å²) in [6, 6.07) is 0.397. The Morgan fingerprint density at radius 2 is 2.00 bits per heavy atom. The fourth-order valence-electron chi connectivity index (χ4n) is 2.00. The highest BCUT2D eigenvalue weighted by atomic mass is 16.2. The quantitative estimate of drug-likeness (QED) is 0.749. The Labute approximate surface area is 98.8 Å². The number of carbonyl (C=O) groups is 1. The largest absolute Gasteiger partial charge is 0.337 e. The second-order valence-corrected chi connectivity index (χ2v) is 4.63. The first-order chi connectivity index (χ1) is 7.72. The van der Waals surface area contributed by atoms with Crippen LogP contribution in [0.25, 0.3) is 0 Å². The van der Waals surface area contributed by atoms with Crippen LogP contribution in [0.5, 0.6) is 0 Å². The Morgan fingerprint density at radius 3 is 2.62 bits per heavy atom. The van der Waals surface area contributed by atoms with E-state index >= 15 is 0 Å². The fraction of sp³-hybridized carbons (Fsp3) is 0.917. The van der Waals surface area contributed by atoms with Crippen molar-refractivity contribution in [3.8, 4) is 0 Å². The van der Waals surface area contributed by atoms with Crippen LogP contribution >= 0.6 is 0 Å². The summed E-state index contributed by atoms with van der Waals surface area (Å²) in [7, 11) is 2.06. The minimum Gasteiger partial charge on any atom is -0.337 e. The van der Waals surface area contributed by atoms with E-state index < -0.39 is 0 Å². The van der Waals surface area contributed by atoms with Gasteiger partial charge in [0.15, 0.2) is 0 Å². The van der Waals surface area contributed by atoms with E-state index in [1.807, 2.05) is 0 Å². The third-order valence-electron chi connectivity index (χ3n) is 3.26. The monoisotopic (exact) mass is 227 g/mol. The number of carbonyl (C=O) groups excluding carboxylic acids is 1. The average molecular weight is 227 g/mol. The molecule has 0 spiro atoms. The van der Waals surface area contributed by atoms with Crippen LogP contribution in [0.15, 0.2) is 0 Å². The van der Waals surface area contributed by atoms with E-state index in [-0.39, 0.29) is 6.03 Å². The molecular weight excluding hydrogens is 202 g/mol. The number of hydrogen-bond donors (Lipinski definition) is 2. The lowest BCUT2D eigenvalue weighted by Crippen LogP contribution is -2.44. The number of urea groups is 1. The van der Waals surface area contributed by atoms with Crippen molar-refractivity contribution in [3.05, 3.63) is 0 Å². The van der Waals surface area contributed by atoms with Gasteiger partial charge in [0.2, 0.25) is 0 Å². The standard InChI is InChI=1S/C12H25N3O/c1-3-15(2)10-9-13-12(16)14-11-7-5-4-6-8-11/h11H,3-10H2,1-2H3,(H2,13,14,16). The number of nitrogens with zero attached hydrogens (tertiary/aromatic N) is 1. The van der Waals surface area contributed by atoms with Gasteiger partial charge in [-0.1, -0.05) is 26.2 Å². The van der Waals surface area contributed by atoms with Gasteiger partial charge in [0, 0.05) is 19.1 Å². The summed E-state index contributed by atoms with van der Waals surface area (Å²) in [6.07, 6.45) is 6.11. The van der Waals surface area contributed by atoms with Gasteiger partial charge in [-0.15, -0.1) is 0 Å². The van der Waals surface area contributed by atoms with Crippen molar-refractivity contribution < 1.29 is 4.79 Å². The molecule has 4 nitrogen and oxygen atoms in total. The molecule has 1 aliphatic rings. The molecule has 0 aliphatic heterocycles. The van der Waals surface area contributed by atoms with Crippen molar-refractivity contribution in [3.63, 3.8) is 0 Å². The number of likely N-dealkylation sites (N-methyl/N-ethyl adjacent to an activating group) is 1. The van der Waals surface area contributed by atoms with E-state index in [1.54, 1.807) is 0 Å². The summed E-state index contributed by atoms with van der Waals surface area (Å²) in [5, 5.41) is 5.95. The van der Waals surface area contributed by atoms with Crippen molar-refractivity contribution in [2.75, 3.05) is 26.7 Å². The van der Waals surface area contributed by atoms with Gasteiger partial charge in [0.1, 0.15) is 0 Å². The number of rotatable bonds is 5. The molecule has 0 bridgehead atoms. The molecule has 16 heavy (non-hydrogen) atoms. The second kappa shape index (κ2) is 7.49. The normalized spacial score (nSPS) is 17.4. The third kappa shape index (κ3) is 5.35. The summed E-state index contributed by atoms with van der Waals surface area (Å²) >= 11 is 0. The van der Waals surface area contributed by atoms with Crippen molar-refractivity contribution >= 4 is 6.03 Å². The zero-order valence-corrected chi connectivity index (χ0v) is 10.6. The summed E-state index contributed by atoms with van der Waals surface area (Å²) in [4.78, 5) is 13.7. The Morgan fingerprint density at radius 1 is 1.31 bits per heavy atom.